The molecule has 1 amide bonds. The minimum Gasteiger partial charge on any atom is -0.347 e. The van der Waals surface area contributed by atoms with Crippen LogP contribution in [0.1, 0.15) is 36.7 Å². The van der Waals surface area contributed by atoms with Gasteiger partial charge in [0.05, 0.1) is 5.02 Å². The third-order valence-corrected chi connectivity index (χ3v) is 3.40. The Bertz CT molecular complexity index is 410. The fourth-order valence-electron chi connectivity index (χ4n) is 2.33. The molecule has 1 fully saturated rings. The molecule has 0 unspecified atom stereocenters. The van der Waals surface area contributed by atoms with E-state index in [1.807, 2.05) is 10.8 Å². The van der Waals surface area contributed by atoms with Crippen LogP contribution in [-0.4, -0.2) is 29.6 Å². The van der Waals surface area contributed by atoms with E-state index in [2.05, 4.69) is 17.6 Å². The largest absolute Gasteiger partial charge is 0.347 e. The highest BCUT2D eigenvalue weighted by Crippen LogP contribution is 2.15. The Kier molecular flexibility index (Phi) is 4.66. The predicted molar refractivity (Wildman–Crippen MR) is 73.1 cm³/mol. The van der Waals surface area contributed by atoms with Crippen LogP contribution >= 0.6 is 11.6 Å². The van der Waals surface area contributed by atoms with Crippen LogP contribution < -0.4 is 10.6 Å². The normalized spacial score (nSPS) is 19.8. The van der Waals surface area contributed by atoms with Gasteiger partial charge < -0.3 is 15.2 Å². The summed E-state index contributed by atoms with van der Waals surface area (Å²) in [6.45, 7) is 4.80. The molecule has 1 atom stereocenters. The Morgan fingerprint density at radius 2 is 2.50 bits per heavy atom. The second kappa shape index (κ2) is 6.25. The monoisotopic (exact) mass is 269 g/mol. The van der Waals surface area contributed by atoms with Gasteiger partial charge in [0.15, 0.2) is 0 Å². The minimum atomic E-state index is -0.0240. The average Bonchev–Trinajstić information content (AvgIpc) is 2.72. The first-order valence-electron chi connectivity index (χ1n) is 6.58. The summed E-state index contributed by atoms with van der Waals surface area (Å²) in [4.78, 5) is 12.2. The van der Waals surface area contributed by atoms with Crippen LogP contribution in [0.25, 0.3) is 0 Å². The maximum Gasteiger partial charge on any atom is 0.268 e. The van der Waals surface area contributed by atoms with E-state index in [0.717, 1.165) is 38.9 Å². The molecule has 1 aromatic heterocycles. The molecule has 2 N–H and O–H groups in total. The molecule has 0 aliphatic carbocycles. The van der Waals surface area contributed by atoms with Gasteiger partial charge in [-0.05, 0) is 31.9 Å². The van der Waals surface area contributed by atoms with Crippen LogP contribution in [0, 0.1) is 0 Å². The van der Waals surface area contributed by atoms with Crippen molar-refractivity contribution in [3.8, 4) is 0 Å². The molecule has 4 nitrogen and oxygen atoms in total. The topological polar surface area (TPSA) is 46.1 Å². The number of halogens is 1. The third-order valence-electron chi connectivity index (χ3n) is 3.19. The van der Waals surface area contributed by atoms with Crippen molar-refractivity contribution < 1.29 is 4.79 Å². The maximum absolute atomic E-state index is 12.2. The van der Waals surface area contributed by atoms with Gasteiger partial charge in [-0.15, -0.1) is 0 Å². The summed E-state index contributed by atoms with van der Waals surface area (Å²) in [5.74, 6) is -0.0240. The molecule has 0 radical (unpaired) electrons. The van der Waals surface area contributed by atoms with Gasteiger partial charge >= 0.3 is 0 Å². The first kappa shape index (κ1) is 13.4. The zero-order valence-corrected chi connectivity index (χ0v) is 11.5. The summed E-state index contributed by atoms with van der Waals surface area (Å²) in [5, 5.41) is 6.98. The zero-order valence-electron chi connectivity index (χ0n) is 10.7. The number of carbonyl (C=O) groups is 1. The SMILES string of the molecule is CCCn1cc(Cl)cc1C(=O)N[C@H]1CCCNC1. The van der Waals surface area contributed by atoms with E-state index in [-0.39, 0.29) is 11.9 Å². The summed E-state index contributed by atoms with van der Waals surface area (Å²) in [6, 6.07) is 1.97. The lowest BCUT2D eigenvalue weighted by Crippen LogP contribution is -2.46. The van der Waals surface area contributed by atoms with Crippen molar-refractivity contribution in [2.24, 2.45) is 0 Å². The molecule has 1 saturated heterocycles. The average molecular weight is 270 g/mol. The quantitative estimate of drug-likeness (QED) is 0.879. The van der Waals surface area contributed by atoms with E-state index >= 15 is 0 Å². The van der Waals surface area contributed by atoms with Gasteiger partial charge in [-0.1, -0.05) is 18.5 Å². The number of carbonyl (C=O) groups excluding carboxylic acids is 1. The van der Waals surface area contributed by atoms with Crippen molar-refractivity contribution in [1.82, 2.24) is 15.2 Å². The summed E-state index contributed by atoms with van der Waals surface area (Å²) in [5.41, 5.74) is 0.660. The van der Waals surface area contributed by atoms with E-state index in [0.29, 0.717) is 10.7 Å². The smallest absolute Gasteiger partial charge is 0.268 e. The van der Waals surface area contributed by atoms with Crippen LogP contribution in [0.4, 0.5) is 0 Å². The molecule has 2 heterocycles. The van der Waals surface area contributed by atoms with E-state index in [1.165, 1.54) is 0 Å². The number of piperidine rings is 1. The van der Waals surface area contributed by atoms with Gasteiger partial charge in [-0.2, -0.15) is 0 Å². The molecule has 2 rings (SSSR count). The first-order valence-corrected chi connectivity index (χ1v) is 6.95. The molecule has 100 valence electrons. The molecule has 1 aromatic rings. The minimum absolute atomic E-state index is 0.0240. The maximum atomic E-state index is 12.2. The van der Waals surface area contributed by atoms with Gasteiger partial charge in [0, 0.05) is 25.3 Å². The Balaban J connectivity index is 2.03. The highest BCUT2D eigenvalue weighted by Gasteiger charge is 2.18. The van der Waals surface area contributed by atoms with Crippen LogP contribution in [0.5, 0.6) is 0 Å². The van der Waals surface area contributed by atoms with Gasteiger partial charge in [-0.3, -0.25) is 4.79 Å². The molecule has 0 bridgehead atoms. The van der Waals surface area contributed by atoms with Crippen molar-refractivity contribution in [2.75, 3.05) is 13.1 Å². The van der Waals surface area contributed by atoms with Crippen LogP contribution in [0.15, 0.2) is 12.3 Å². The predicted octanol–water partition coefficient (Wildman–Crippen LogP) is 2.03. The molecule has 0 aromatic carbocycles. The number of hydrogen-bond acceptors (Lipinski definition) is 2. The van der Waals surface area contributed by atoms with Crippen molar-refractivity contribution in [1.29, 1.82) is 0 Å². The van der Waals surface area contributed by atoms with Crippen molar-refractivity contribution in [3.63, 3.8) is 0 Å². The Labute approximate surface area is 113 Å². The summed E-state index contributed by atoms with van der Waals surface area (Å²) < 4.78 is 1.92. The van der Waals surface area contributed by atoms with Gasteiger partial charge in [0.2, 0.25) is 0 Å². The lowest BCUT2D eigenvalue weighted by Gasteiger charge is -2.24. The highest BCUT2D eigenvalue weighted by atomic mass is 35.5. The fraction of sp³-hybridized carbons (Fsp3) is 0.615. The Morgan fingerprint density at radius 3 is 3.17 bits per heavy atom. The second-order valence-electron chi connectivity index (χ2n) is 4.75. The van der Waals surface area contributed by atoms with Crippen LogP contribution in [0.2, 0.25) is 5.02 Å². The number of amides is 1. The number of aromatic nitrogens is 1. The van der Waals surface area contributed by atoms with Gasteiger partial charge in [0.1, 0.15) is 5.69 Å². The molecular formula is C13H20ClN3O. The van der Waals surface area contributed by atoms with Crippen LogP contribution in [-0.2, 0) is 6.54 Å². The Morgan fingerprint density at radius 1 is 1.67 bits per heavy atom. The zero-order chi connectivity index (χ0) is 13.0. The standard InChI is InChI=1S/C13H20ClN3O/c1-2-6-17-9-10(14)7-12(17)13(18)16-11-4-3-5-15-8-11/h7,9,11,15H,2-6,8H2,1H3,(H,16,18)/t11-/m0/s1. The van der Waals surface area contributed by atoms with E-state index in [1.54, 1.807) is 6.07 Å². The van der Waals surface area contributed by atoms with E-state index < -0.39 is 0 Å². The van der Waals surface area contributed by atoms with Crippen molar-refractivity contribution >= 4 is 17.5 Å². The van der Waals surface area contributed by atoms with E-state index in [9.17, 15) is 4.79 Å². The Hall–Kier alpha value is -1.00. The molecular weight excluding hydrogens is 250 g/mol. The molecule has 18 heavy (non-hydrogen) atoms. The summed E-state index contributed by atoms with van der Waals surface area (Å²) in [7, 11) is 0. The lowest BCUT2D eigenvalue weighted by atomic mass is 10.1. The molecule has 5 heteroatoms. The number of hydrogen-bond donors (Lipinski definition) is 2. The van der Waals surface area contributed by atoms with Gasteiger partial charge in [0.25, 0.3) is 5.91 Å². The van der Waals surface area contributed by atoms with Crippen molar-refractivity contribution in [3.05, 3.63) is 23.0 Å². The summed E-state index contributed by atoms with van der Waals surface area (Å²) >= 11 is 5.97. The molecule has 0 saturated carbocycles. The number of nitrogens with zero attached hydrogens (tertiary/aromatic N) is 1. The van der Waals surface area contributed by atoms with E-state index in [4.69, 9.17) is 11.6 Å². The second-order valence-corrected chi connectivity index (χ2v) is 5.19. The molecule has 1 aliphatic heterocycles. The number of nitrogens with one attached hydrogen (secondary N) is 2. The summed E-state index contributed by atoms with van der Waals surface area (Å²) in [6.07, 6.45) is 4.96. The first-order chi connectivity index (χ1) is 8.70. The lowest BCUT2D eigenvalue weighted by molar-refractivity contribution is 0.0921. The van der Waals surface area contributed by atoms with Gasteiger partial charge in [-0.25, -0.2) is 0 Å². The van der Waals surface area contributed by atoms with Crippen LogP contribution in [0.3, 0.4) is 0 Å². The molecule has 1 aliphatic rings. The van der Waals surface area contributed by atoms with Crippen molar-refractivity contribution in [2.45, 2.75) is 38.8 Å². The highest BCUT2D eigenvalue weighted by molar-refractivity contribution is 6.31. The fourth-order valence-corrected chi connectivity index (χ4v) is 2.55. The third kappa shape index (κ3) is 3.27. The number of aryl methyl sites for hydroxylation is 1. The number of rotatable bonds is 4. The molecule has 0 spiro atoms.